The minimum atomic E-state index is -0.0464. The van der Waals surface area contributed by atoms with E-state index in [0.29, 0.717) is 0 Å². The highest BCUT2D eigenvalue weighted by Gasteiger charge is 2.02. The van der Waals surface area contributed by atoms with Crippen LogP contribution in [0.1, 0.15) is 18.1 Å². The first-order valence-electron chi connectivity index (χ1n) is 6.17. The molecule has 0 aliphatic heterocycles. The molecule has 0 aliphatic rings. The van der Waals surface area contributed by atoms with Crippen LogP contribution in [0.15, 0.2) is 52.3 Å². The largest absolute Gasteiger partial charge is 0.326 e. The Kier molecular flexibility index (Phi) is 4.27. The van der Waals surface area contributed by atoms with E-state index in [-0.39, 0.29) is 5.91 Å². The molecule has 0 saturated carbocycles. The molecule has 0 aliphatic carbocycles. The number of anilines is 1. The Balaban J connectivity index is 2.15. The van der Waals surface area contributed by atoms with Crippen molar-refractivity contribution in [2.45, 2.75) is 30.6 Å². The van der Waals surface area contributed by atoms with Crippen LogP contribution in [0.4, 0.5) is 5.69 Å². The van der Waals surface area contributed by atoms with Crippen molar-refractivity contribution in [3.63, 3.8) is 0 Å². The van der Waals surface area contributed by atoms with Crippen LogP contribution in [0.25, 0.3) is 0 Å². The fourth-order valence-corrected chi connectivity index (χ4v) is 2.75. The Morgan fingerprint density at radius 3 is 2.37 bits per heavy atom. The molecule has 0 radical (unpaired) electrons. The standard InChI is InChI=1S/C16H17NOS/c1-11-4-5-12(2)16(10-11)19-15-8-6-14(7-9-15)17-13(3)18/h4-10H,1-3H3,(H,17,18). The van der Waals surface area contributed by atoms with E-state index in [9.17, 15) is 4.79 Å². The SMILES string of the molecule is CC(=O)Nc1ccc(Sc2cc(C)ccc2C)cc1. The molecule has 0 fully saturated rings. The highest BCUT2D eigenvalue weighted by molar-refractivity contribution is 7.99. The predicted octanol–water partition coefficient (Wildman–Crippen LogP) is 4.41. The van der Waals surface area contributed by atoms with Crippen LogP contribution < -0.4 is 5.32 Å². The lowest BCUT2D eigenvalue weighted by atomic mass is 10.2. The molecular weight excluding hydrogens is 254 g/mol. The Hall–Kier alpha value is -1.74. The van der Waals surface area contributed by atoms with E-state index in [0.717, 1.165) is 5.69 Å². The first-order chi connectivity index (χ1) is 9.04. The van der Waals surface area contributed by atoms with Gasteiger partial charge in [0, 0.05) is 22.4 Å². The fraction of sp³-hybridized carbons (Fsp3) is 0.188. The summed E-state index contributed by atoms with van der Waals surface area (Å²) in [6, 6.07) is 14.4. The number of carbonyl (C=O) groups is 1. The van der Waals surface area contributed by atoms with E-state index in [1.807, 2.05) is 24.3 Å². The summed E-state index contributed by atoms with van der Waals surface area (Å²) in [6.45, 7) is 5.73. The van der Waals surface area contributed by atoms with Gasteiger partial charge in [-0.05, 0) is 55.3 Å². The number of hydrogen-bond acceptors (Lipinski definition) is 2. The maximum absolute atomic E-state index is 11.0. The Bertz CT molecular complexity index is 590. The summed E-state index contributed by atoms with van der Waals surface area (Å²) in [7, 11) is 0. The number of rotatable bonds is 3. The van der Waals surface area contributed by atoms with Gasteiger partial charge >= 0.3 is 0 Å². The molecule has 0 aromatic heterocycles. The van der Waals surface area contributed by atoms with Crippen molar-refractivity contribution in [1.29, 1.82) is 0 Å². The van der Waals surface area contributed by atoms with Crippen molar-refractivity contribution in [3.05, 3.63) is 53.6 Å². The van der Waals surface area contributed by atoms with Gasteiger partial charge in [0.15, 0.2) is 0 Å². The number of nitrogens with one attached hydrogen (secondary N) is 1. The second-order valence-electron chi connectivity index (χ2n) is 4.58. The van der Waals surface area contributed by atoms with E-state index < -0.39 is 0 Å². The van der Waals surface area contributed by atoms with Crippen LogP contribution in [-0.4, -0.2) is 5.91 Å². The molecule has 0 unspecified atom stereocenters. The molecule has 0 spiro atoms. The minimum Gasteiger partial charge on any atom is -0.326 e. The fourth-order valence-electron chi connectivity index (χ4n) is 1.75. The molecule has 0 atom stereocenters. The average molecular weight is 271 g/mol. The van der Waals surface area contributed by atoms with Crippen molar-refractivity contribution in [2.75, 3.05) is 5.32 Å². The maximum atomic E-state index is 11.0. The van der Waals surface area contributed by atoms with Crippen molar-refractivity contribution in [2.24, 2.45) is 0 Å². The van der Waals surface area contributed by atoms with Crippen molar-refractivity contribution in [1.82, 2.24) is 0 Å². The Labute approximate surface area is 118 Å². The molecule has 19 heavy (non-hydrogen) atoms. The third-order valence-electron chi connectivity index (χ3n) is 2.75. The van der Waals surface area contributed by atoms with Gasteiger partial charge < -0.3 is 5.32 Å². The number of benzene rings is 2. The first kappa shape index (κ1) is 13.7. The Morgan fingerprint density at radius 2 is 1.74 bits per heavy atom. The van der Waals surface area contributed by atoms with Crippen LogP contribution in [0.3, 0.4) is 0 Å². The van der Waals surface area contributed by atoms with Gasteiger partial charge in [-0.3, -0.25) is 4.79 Å². The third kappa shape index (κ3) is 3.86. The number of amides is 1. The van der Waals surface area contributed by atoms with Gasteiger partial charge in [-0.2, -0.15) is 0 Å². The summed E-state index contributed by atoms with van der Waals surface area (Å²) < 4.78 is 0. The van der Waals surface area contributed by atoms with Gasteiger partial charge in [0.2, 0.25) is 5.91 Å². The van der Waals surface area contributed by atoms with Crippen LogP contribution in [-0.2, 0) is 4.79 Å². The second-order valence-corrected chi connectivity index (χ2v) is 5.69. The van der Waals surface area contributed by atoms with Crippen LogP contribution in [0.5, 0.6) is 0 Å². The van der Waals surface area contributed by atoms with E-state index >= 15 is 0 Å². The summed E-state index contributed by atoms with van der Waals surface area (Å²) in [5.41, 5.74) is 3.38. The first-order valence-corrected chi connectivity index (χ1v) is 6.99. The van der Waals surface area contributed by atoms with E-state index in [1.54, 1.807) is 11.8 Å². The summed E-state index contributed by atoms with van der Waals surface area (Å²) >= 11 is 1.74. The molecule has 1 amide bonds. The van der Waals surface area contributed by atoms with Crippen molar-refractivity contribution >= 4 is 23.4 Å². The zero-order valence-corrected chi connectivity index (χ0v) is 12.2. The van der Waals surface area contributed by atoms with Crippen LogP contribution in [0, 0.1) is 13.8 Å². The molecular formula is C16H17NOS. The topological polar surface area (TPSA) is 29.1 Å². The lowest BCUT2D eigenvalue weighted by molar-refractivity contribution is -0.114. The van der Waals surface area contributed by atoms with E-state index in [2.05, 4.69) is 37.4 Å². The molecule has 2 aromatic rings. The lowest BCUT2D eigenvalue weighted by Crippen LogP contribution is -2.05. The van der Waals surface area contributed by atoms with Crippen LogP contribution in [0.2, 0.25) is 0 Å². The minimum absolute atomic E-state index is 0.0464. The van der Waals surface area contributed by atoms with Gasteiger partial charge in [-0.25, -0.2) is 0 Å². The molecule has 2 rings (SSSR count). The van der Waals surface area contributed by atoms with E-state index in [4.69, 9.17) is 0 Å². The Morgan fingerprint density at radius 1 is 1.05 bits per heavy atom. The zero-order chi connectivity index (χ0) is 13.8. The van der Waals surface area contributed by atoms with Crippen LogP contribution >= 0.6 is 11.8 Å². The molecule has 0 bridgehead atoms. The smallest absolute Gasteiger partial charge is 0.221 e. The van der Waals surface area contributed by atoms with Crippen molar-refractivity contribution < 1.29 is 4.79 Å². The van der Waals surface area contributed by atoms with Gasteiger partial charge in [-0.1, -0.05) is 23.9 Å². The van der Waals surface area contributed by atoms with E-state index in [1.165, 1.54) is 27.8 Å². The normalized spacial score (nSPS) is 10.3. The molecule has 0 saturated heterocycles. The molecule has 2 aromatic carbocycles. The highest BCUT2D eigenvalue weighted by Crippen LogP contribution is 2.31. The summed E-state index contributed by atoms with van der Waals surface area (Å²) in [5, 5.41) is 2.77. The van der Waals surface area contributed by atoms with Gasteiger partial charge in [0.05, 0.1) is 0 Å². The average Bonchev–Trinajstić information content (AvgIpc) is 2.35. The molecule has 1 N–H and O–H groups in total. The monoisotopic (exact) mass is 271 g/mol. The highest BCUT2D eigenvalue weighted by atomic mass is 32.2. The van der Waals surface area contributed by atoms with Gasteiger partial charge in [0.25, 0.3) is 0 Å². The lowest BCUT2D eigenvalue weighted by Gasteiger charge is -2.08. The van der Waals surface area contributed by atoms with Gasteiger partial charge in [-0.15, -0.1) is 0 Å². The second kappa shape index (κ2) is 5.93. The molecule has 2 nitrogen and oxygen atoms in total. The predicted molar refractivity (Wildman–Crippen MR) is 80.8 cm³/mol. The zero-order valence-electron chi connectivity index (χ0n) is 11.4. The van der Waals surface area contributed by atoms with Crippen molar-refractivity contribution in [3.8, 4) is 0 Å². The number of hydrogen-bond donors (Lipinski definition) is 1. The molecule has 0 heterocycles. The quantitative estimate of drug-likeness (QED) is 0.895. The number of carbonyl (C=O) groups excluding carboxylic acids is 1. The van der Waals surface area contributed by atoms with Gasteiger partial charge in [0.1, 0.15) is 0 Å². The summed E-state index contributed by atoms with van der Waals surface area (Å²) in [4.78, 5) is 13.4. The molecule has 98 valence electrons. The summed E-state index contributed by atoms with van der Waals surface area (Å²) in [5.74, 6) is -0.0464. The molecule has 3 heteroatoms. The third-order valence-corrected chi connectivity index (χ3v) is 3.91. The summed E-state index contributed by atoms with van der Waals surface area (Å²) in [6.07, 6.45) is 0. The maximum Gasteiger partial charge on any atom is 0.221 e. The number of aryl methyl sites for hydroxylation is 2.